The number of aromatic nitrogens is 2. The van der Waals surface area contributed by atoms with Gasteiger partial charge in [0.15, 0.2) is 0 Å². The highest BCUT2D eigenvalue weighted by atomic mass is 16.6. The summed E-state index contributed by atoms with van der Waals surface area (Å²) in [6, 6.07) is 19.0. The van der Waals surface area contributed by atoms with Gasteiger partial charge in [0.1, 0.15) is 5.65 Å². The summed E-state index contributed by atoms with van der Waals surface area (Å²) >= 11 is 0. The van der Waals surface area contributed by atoms with Crippen LogP contribution < -0.4 is 16.2 Å². The van der Waals surface area contributed by atoms with Crippen LogP contribution in [0.1, 0.15) is 0 Å². The third-order valence-electron chi connectivity index (χ3n) is 4.42. The van der Waals surface area contributed by atoms with Crippen LogP contribution in [0.4, 0.5) is 17.2 Å². The molecule has 0 amide bonds. The fourth-order valence-corrected chi connectivity index (χ4v) is 3.13. The first-order valence-corrected chi connectivity index (χ1v) is 8.76. The number of hydrogen-bond acceptors (Lipinski definition) is 6. The molecule has 0 radical (unpaired) electrons. The van der Waals surface area contributed by atoms with E-state index in [-0.39, 0.29) is 5.82 Å². The summed E-state index contributed by atoms with van der Waals surface area (Å²) in [6.45, 7) is 0.862. The fourth-order valence-electron chi connectivity index (χ4n) is 3.13. The molecule has 0 aliphatic heterocycles. The van der Waals surface area contributed by atoms with Crippen molar-refractivity contribution in [3.63, 3.8) is 0 Å². The normalized spacial score (nSPS) is 10.9. The molecule has 28 heavy (non-hydrogen) atoms. The van der Waals surface area contributed by atoms with Crippen molar-refractivity contribution >= 4 is 33.6 Å². The topological polar surface area (TPSA) is 102 Å². The molecule has 0 fully saturated rings. The van der Waals surface area contributed by atoms with E-state index in [0.29, 0.717) is 18.7 Å². The number of rotatable bonds is 6. The van der Waals surface area contributed by atoms with Crippen LogP contribution in [0.3, 0.4) is 0 Å². The third-order valence-corrected chi connectivity index (χ3v) is 4.42. The predicted octanol–water partition coefficient (Wildman–Crippen LogP) is 3.28. The van der Waals surface area contributed by atoms with Crippen molar-refractivity contribution < 1.29 is 4.92 Å². The van der Waals surface area contributed by atoms with Gasteiger partial charge in [-0.1, -0.05) is 42.5 Å². The zero-order chi connectivity index (χ0) is 19.5. The number of hydrogen-bond donors (Lipinski definition) is 2. The van der Waals surface area contributed by atoms with Gasteiger partial charge in [-0.3, -0.25) is 19.3 Å². The lowest BCUT2D eigenvalue weighted by Gasteiger charge is -2.11. The van der Waals surface area contributed by atoms with Crippen molar-refractivity contribution in [2.75, 3.05) is 23.7 Å². The summed E-state index contributed by atoms with van der Waals surface area (Å²) in [6.07, 6.45) is 1.46. The molecule has 0 aliphatic carbocycles. The van der Waals surface area contributed by atoms with Crippen molar-refractivity contribution in [2.24, 2.45) is 0 Å². The Hall–Kier alpha value is -3.94. The zero-order valence-electron chi connectivity index (χ0n) is 14.8. The second kappa shape index (κ2) is 7.36. The fraction of sp³-hybridized carbons (Fsp3) is 0.100. The molecule has 0 spiro atoms. The maximum atomic E-state index is 12.4. The van der Waals surface area contributed by atoms with Gasteiger partial charge in [0.05, 0.1) is 4.92 Å². The molecule has 0 bridgehead atoms. The number of pyridine rings is 1. The van der Waals surface area contributed by atoms with Gasteiger partial charge in [-0.15, -0.1) is 0 Å². The highest BCUT2D eigenvalue weighted by Crippen LogP contribution is 2.23. The number of nitrogens with zero attached hydrogens (tertiary/aromatic N) is 3. The van der Waals surface area contributed by atoms with Crippen molar-refractivity contribution in [2.45, 2.75) is 0 Å². The smallest absolute Gasteiger partial charge is 0.376 e. The third kappa shape index (κ3) is 3.23. The maximum Gasteiger partial charge on any atom is 0.376 e. The second-order valence-electron chi connectivity index (χ2n) is 6.18. The van der Waals surface area contributed by atoms with Gasteiger partial charge in [-0.05, 0) is 23.6 Å². The summed E-state index contributed by atoms with van der Waals surface area (Å²) in [4.78, 5) is 27.3. The molecule has 0 aliphatic rings. The van der Waals surface area contributed by atoms with Crippen molar-refractivity contribution in [3.05, 3.63) is 87.3 Å². The summed E-state index contributed by atoms with van der Waals surface area (Å²) in [5.41, 5.74) is 0.0533. The van der Waals surface area contributed by atoms with Crippen LogP contribution >= 0.6 is 0 Å². The first-order chi connectivity index (χ1) is 13.6. The lowest BCUT2D eigenvalue weighted by atomic mass is 10.1. The Morgan fingerprint density at radius 1 is 0.964 bits per heavy atom. The van der Waals surface area contributed by atoms with E-state index in [1.807, 2.05) is 42.5 Å². The molecule has 0 unspecified atom stereocenters. The first kappa shape index (κ1) is 17.5. The van der Waals surface area contributed by atoms with E-state index >= 15 is 0 Å². The molecule has 4 aromatic rings. The molecule has 0 atom stereocenters. The van der Waals surface area contributed by atoms with Gasteiger partial charge < -0.3 is 10.6 Å². The van der Waals surface area contributed by atoms with E-state index in [0.717, 1.165) is 20.9 Å². The monoisotopic (exact) mass is 375 g/mol. The van der Waals surface area contributed by atoms with Crippen LogP contribution in [0.5, 0.6) is 0 Å². The van der Waals surface area contributed by atoms with Crippen molar-refractivity contribution in [3.8, 4) is 0 Å². The zero-order valence-corrected chi connectivity index (χ0v) is 14.8. The minimum absolute atomic E-state index is 0.0269. The molecule has 8 nitrogen and oxygen atoms in total. The highest BCUT2D eigenvalue weighted by molar-refractivity contribution is 5.93. The molecule has 4 rings (SSSR count). The van der Waals surface area contributed by atoms with E-state index in [9.17, 15) is 14.9 Å². The van der Waals surface area contributed by atoms with E-state index in [1.54, 1.807) is 18.2 Å². The Bertz CT molecular complexity index is 1230. The Morgan fingerprint density at radius 3 is 2.57 bits per heavy atom. The Labute approximate surface area is 159 Å². The molecule has 2 N–H and O–H groups in total. The molecule has 0 saturated carbocycles. The Balaban J connectivity index is 1.53. The first-order valence-electron chi connectivity index (χ1n) is 8.76. The van der Waals surface area contributed by atoms with Crippen LogP contribution in [0.2, 0.25) is 0 Å². The quantitative estimate of drug-likeness (QED) is 0.305. The summed E-state index contributed by atoms with van der Waals surface area (Å²) < 4.78 is 1.16. The number of nitrogens with one attached hydrogen (secondary N) is 2. The van der Waals surface area contributed by atoms with E-state index in [1.165, 1.54) is 6.20 Å². The average molecular weight is 375 g/mol. The van der Waals surface area contributed by atoms with E-state index < -0.39 is 16.2 Å². The van der Waals surface area contributed by atoms with Gasteiger partial charge in [0.25, 0.3) is 0 Å². The summed E-state index contributed by atoms with van der Waals surface area (Å²) in [5.74, 6) is -0.0269. The molecule has 2 aromatic heterocycles. The number of nitro groups is 1. The maximum absolute atomic E-state index is 12.4. The van der Waals surface area contributed by atoms with Gasteiger partial charge in [-0.25, -0.2) is 4.98 Å². The Morgan fingerprint density at radius 2 is 1.71 bits per heavy atom. The van der Waals surface area contributed by atoms with Crippen LogP contribution in [-0.2, 0) is 0 Å². The molecular formula is C20H17N5O3. The van der Waals surface area contributed by atoms with Gasteiger partial charge in [0.2, 0.25) is 5.82 Å². The molecule has 140 valence electrons. The molecular weight excluding hydrogens is 358 g/mol. The number of anilines is 2. The van der Waals surface area contributed by atoms with Crippen LogP contribution in [0, 0.1) is 10.1 Å². The number of fused-ring (bicyclic) bond motifs is 2. The minimum Gasteiger partial charge on any atom is -0.383 e. The number of benzene rings is 2. The van der Waals surface area contributed by atoms with E-state index in [2.05, 4.69) is 15.6 Å². The van der Waals surface area contributed by atoms with Gasteiger partial charge in [-0.2, -0.15) is 0 Å². The molecule has 8 heteroatoms. The average Bonchev–Trinajstić information content (AvgIpc) is 2.71. The lowest BCUT2D eigenvalue weighted by Crippen LogP contribution is -2.23. The van der Waals surface area contributed by atoms with Crippen LogP contribution in [0.15, 0.2) is 71.7 Å². The standard InChI is InChI=1S/C20H17N5O3/c26-20-18(25(27)28)19(23-17-10-3-4-13-24(17)20)22-12-11-21-16-9-5-7-14-6-1-2-8-15(14)16/h1-10,13,21-22H,11-12H2. The van der Waals surface area contributed by atoms with Gasteiger partial charge in [0, 0.05) is 30.4 Å². The second-order valence-corrected chi connectivity index (χ2v) is 6.18. The lowest BCUT2D eigenvalue weighted by molar-refractivity contribution is -0.385. The largest absolute Gasteiger partial charge is 0.383 e. The minimum atomic E-state index is -0.708. The SMILES string of the molecule is O=c1c([N+](=O)[O-])c(NCCNc2cccc3ccccc23)nc2ccccn12. The van der Waals surface area contributed by atoms with Crippen LogP contribution in [-0.4, -0.2) is 27.4 Å². The van der Waals surface area contributed by atoms with Crippen LogP contribution in [0.25, 0.3) is 16.4 Å². The Kier molecular flexibility index (Phi) is 4.59. The summed E-state index contributed by atoms with van der Waals surface area (Å²) in [5, 5.41) is 19.8. The predicted molar refractivity (Wildman–Crippen MR) is 109 cm³/mol. The molecule has 2 aromatic carbocycles. The highest BCUT2D eigenvalue weighted by Gasteiger charge is 2.23. The van der Waals surface area contributed by atoms with Crippen molar-refractivity contribution in [1.82, 2.24) is 9.38 Å². The van der Waals surface area contributed by atoms with Gasteiger partial charge >= 0.3 is 11.2 Å². The molecule has 2 heterocycles. The summed E-state index contributed by atoms with van der Waals surface area (Å²) in [7, 11) is 0. The van der Waals surface area contributed by atoms with E-state index in [4.69, 9.17) is 0 Å². The van der Waals surface area contributed by atoms with Crippen molar-refractivity contribution in [1.29, 1.82) is 0 Å². The molecule has 0 saturated heterocycles.